The Morgan fingerprint density at radius 3 is 2.53 bits per heavy atom. The first-order valence-corrected chi connectivity index (χ1v) is 6.85. The smallest absolute Gasteiger partial charge is 0.123 e. The van der Waals surface area contributed by atoms with Gasteiger partial charge in [0.2, 0.25) is 0 Å². The second-order valence-electron chi connectivity index (χ2n) is 4.08. The van der Waals surface area contributed by atoms with E-state index >= 15 is 0 Å². The topological polar surface area (TPSA) is 21.3 Å². The first kappa shape index (κ1) is 14.0. The van der Waals surface area contributed by atoms with E-state index in [4.69, 9.17) is 4.74 Å². The normalized spacial score (nSPS) is 10.4. The maximum absolute atomic E-state index is 12.7. The highest BCUT2D eigenvalue weighted by Gasteiger charge is 1.98. The summed E-state index contributed by atoms with van der Waals surface area (Å²) >= 11 is 3.48. The van der Waals surface area contributed by atoms with Crippen molar-refractivity contribution in [2.45, 2.75) is 6.61 Å². The molecule has 0 heterocycles. The summed E-state index contributed by atoms with van der Waals surface area (Å²) in [5, 5.41) is 3.17. The van der Waals surface area contributed by atoms with Crippen molar-refractivity contribution in [1.29, 1.82) is 0 Å². The van der Waals surface area contributed by atoms with Gasteiger partial charge >= 0.3 is 0 Å². The van der Waals surface area contributed by atoms with E-state index in [0.717, 1.165) is 15.7 Å². The maximum atomic E-state index is 12.7. The number of ether oxygens (including phenoxy) is 1. The summed E-state index contributed by atoms with van der Waals surface area (Å²) in [5.74, 6) is -0.226. The second kappa shape index (κ2) is 7.26. The van der Waals surface area contributed by atoms with Crippen molar-refractivity contribution in [2.75, 3.05) is 18.5 Å². The molecule has 0 aromatic heterocycles. The van der Waals surface area contributed by atoms with E-state index in [1.807, 2.05) is 24.3 Å². The fourth-order valence-electron chi connectivity index (χ4n) is 1.63. The van der Waals surface area contributed by atoms with Crippen molar-refractivity contribution in [3.63, 3.8) is 0 Å². The second-order valence-corrected chi connectivity index (χ2v) is 4.93. The average Bonchev–Trinajstić information content (AvgIpc) is 2.42. The van der Waals surface area contributed by atoms with Crippen LogP contribution in [-0.2, 0) is 11.3 Å². The maximum Gasteiger partial charge on any atom is 0.123 e. The van der Waals surface area contributed by atoms with E-state index in [9.17, 15) is 4.39 Å². The third kappa shape index (κ3) is 4.65. The Bertz CT molecular complexity index is 516. The Morgan fingerprint density at radius 2 is 1.79 bits per heavy atom. The van der Waals surface area contributed by atoms with Gasteiger partial charge in [-0.05, 0) is 35.9 Å². The van der Waals surface area contributed by atoms with Gasteiger partial charge in [0, 0.05) is 16.7 Å². The van der Waals surface area contributed by atoms with Crippen LogP contribution in [-0.4, -0.2) is 13.2 Å². The minimum Gasteiger partial charge on any atom is -0.383 e. The molecule has 0 amide bonds. The Morgan fingerprint density at radius 1 is 1.05 bits per heavy atom. The van der Waals surface area contributed by atoms with E-state index in [-0.39, 0.29) is 5.82 Å². The first-order valence-electron chi connectivity index (χ1n) is 6.06. The summed E-state index contributed by atoms with van der Waals surface area (Å²) in [6, 6.07) is 14.3. The van der Waals surface area contributed by atoms with Crippen LogP contribution in [0.25, 0.3) is 0 Å². The number of benzene rings is 2. The first-order chi connectivity index (χ1) is 9.25. The lowest BCUT2D eigenvalue weighted by Crippen LogP contribution is -2.09. The molecule has 0 aliphatic carbocycles. The SMILES string of the molecule is Fc1ccc(NCCOCc2ccccc2Br)cc1. The molecule has 0 saturated carbocycles. The molecule has 0 spiro atoms. The summed E-state index contributed by atoms with van der Waals surface area (Å²) in [6.45, 7) is 1.86. The molecule has 0 fully saturated rings. The Kier molecular flexibility index (Phi) is 5.36. The summed E-state index contributed by atoms with van der Waals surface area (Å²) < 4.78 is 19.3. The van der Waals surface area contributed by atoms with E-state index < -0.39 is 0 Å². The molecule has 1 N–H and O–H groups in total. The van der Waals surface area contributed by atoms with Crippen molar-refractivity contribution in [1.82, 2.24) is 0 Å². The third-order valence-electron chi connectivity index (χ3n) is 2.64. The van der Waals surface area contributed by atoms with Gasteiger partial charge in [-0.2, -0.15) is 0 Å². The molecular formula is C15H15BrFNO. The molecule has 2 aromatic rings. The highest BCUT2D eigenvalue weighted by molar-refractivity contribution is 9.10. The number of rotatable bonds is 6. The lowest BCUT2D eigenvalue weighted by atomic mass is 10.2. The van der Waals surface area contributed by atoms with Crippen molar-refractivity contribution in [2.24, 2.45) is 0 Å². The molecule has 0 radical (unpaired) electrons. The van der Waals surface area contributed by atoms with Crippen LogP contribution in [0, 0.1) is 5.82 Å². The molecule has 0 unspecified atom stereocenters. The number of hydrogen-bond acceptors (Lipinski definition) is 2. The summed E-state index contributed by atoms with van der Waals surface area (Å²) in [7, 11) is 0. The van der Waals surface area contributed by atoms with Gasteiger partial charge in [-0.15, -0.1) is 0 Å². The third-order valence-corrected chi connectivity index (χ3v) is 3.41. The zero-order valence-corrected chi connectivity index (χ0v) is 12.0. The van der Waals surface area contributed by atoms with Crippen LogP contribution in [0.5, 0.6) is 0 Å². The molecule has 0 saturated heterocycles. The average molecular weight is 324 g/mol. The summed E-state index contributed by atoms with van der Waals surface area (Å²) in [4.78, 5) is 0. The molecule has 0 aliphatic heterocycles. The minimum atomic E-state index is -0.226. The molecule has 0 bridgehead atoms. The van der Waals surface area contributed by atoms with Crippen LogP contribution >= 0.6 is 15.9 Å². The zero-order valence-electron chi connectivity index (χ0n) is 10.4. The highest BCUT2D eigenvalue weighted by Crippen LogP contribution is 2.16. The van der Waals surface area contributed by atoms with Gasteiger partial charge < -0.3 is 10.1 Å². The van der Waals surface area contributed by atoms with Crippen LogP contribution in [0.3, 0.4) is 0 Å². The monoisotopic (exact) mass is 323 g/mol. The minimum absolute atomic E-state index is 0.226. The molecule has 2 rings (SSSR count). The quantitative estimate of drug-likeness (QED) is 0.804. The Balaban J connectivity index is 1.67. The predicted octanol–water partition coefficient (Wildman–Crippen LogP) is 4.22. The van der Waals surface area contributed by atoms with Crippen LogP contribution in [0.15, 0.2) is 53.0 Å². The van der Waals surface area contributed by atoms with E-state index in [2.05, 4.69) is 21.2 Å². The van der Waals surface area contributed by atoms with Crippen LogP contribution in [0.2, 0.25) is 0 Å². The van der Waals surface area contributed by atoms with Crippen LogP contribution in [0.4, 0.5) is 10.1 Å². The van der Waals surface area contributed by atoms with Gasteiger partial charge in [0.1, 0.15) is 5.82 Å². The van der Waals surface area contributed by atoms with Gasteiger partial charge in [-0.25, -0.2) is 4.39 Å². The molecule has 4 heteroatoms. The largest absolute Gasteiger partial charge is 0.383 e. The van der Waals surface area contributed by atoms with Gasteiger partial charge in [-0.1, -0.05) is 34.1 Å². The van der Waals surface area contributed by atoms with Gasteiger partial charge in [0.15, 0.2) is 0 Å². The molecule has 19 heavy (non-hydrogen) atoms. The number of hydrogen-bond donors (Lipinski definition) is 1. The molecular weight excluding hydrogens is 309 g/mol. The molecule has 0 aliphatic rings. The van der Waals surface area contributed by atoms with Gasteiger partial charge in [0.25, 0.3) is 0 Å². The lowest BCUT2D eigenvalue weighted by molar-refractivity contribution is 0.130. The fourth-order valence-corrected chi connectivity index (χ4v) is 2.03. The Labute approximate surface area is 120 Å². The highest BCUT2D eigenvalue weighted by atomic mass is 79.9. The van der Waals surface area contributed by atoms with Gasteiger partial charge in [-0.3, -0.25) is 0 Å². The molecule has 2 aromatic carbocycles. The number of halogens is 2. The van der Waals surface area contributed by atoms with E-state index in [1.165, 1.54) is 12.1 Å². The predicted molar refractivity (Wildman–Crippen MR) is 78.7 cm³/mol. The van der Waals surface area contributed by atoms with Gasteiger partial charge in [0.05, 0.1) is 13.2 Å². The fraction of sp³-hybridized carbons (Fsp3) is 0.200. The summed E-state index contributed by atoms with van der Waals surface area (Å²) in [5.41, 5.74) is 2.02. The number of nitrogens with one attached hydrogen (secondary N) is 1. The van der Waals surface area contributed by atoms with Crippen LogP contribution in [0.1, 0.15) is 5.56 Å². The molecule has 100 valence electrons. The molecule has 0 atom stereocenters. The zero-order chi connectivity index (χ0) is 13.5. The van der Waals surface area contributed by atoms with Crippen LogP contribution < -0.4 is 5.32 Å². The molecule has 2 nitrogen and oxygen atoms in total. The Hall–Kier alpha value is -1.39. The number of anilines is 1. The van der Waals surface area contributed by atoms with E-state index in [0.29, 0.717) is 19.8 Å². The standard InChI is InChI=1S/C15H15BrFNO/c16-15-4-2-1-3-12(15)11-19-10-9-18-14-7-5-13(17)6-8-14/h1-8,18H,9-11H2. The summed E-state index contributed by atoms with van der Waals surface area (Å²) in [6.07, 6.45) is 0. The van der Waals surface area contributed by atoms with E-state index in [1.54, 1.807) is 12.1 Å². The lowest BCUT2D eigenvalue weighted by Gasteiger charge is -2.08. The van der Waals surface area contributed by atoms with Crippen molar-refractivity contribution in [3.05, 3.63) is 64.4 Å². The van der Waals surface area contributed by atoms with Crippen molar-refractivity contribution in [3.8, 4) is 0 Å². The van der Waals surface area contributed by atoms with Crippen molar-refractivity contribution >= 4 is 21.6 Å². The van der Waals surface area contributed by atoms with Crippen molar-refractivity contribution < 1.29 is 9.13 Å².